The maximum absolute atomic E-state index is 6.25. The molecule has 2 heterocycles. The first-order valence-electron chi connectivity index (χ1n) is 5.43. The van der Waals surface area contributed by atoms with Crippen molar-refractivity contribution in [2.45, 2.75) is 19.9 Å². The van der Waals surface area contributed by atoms with Crippen LogP contribution in [0.25, 0.3) is 0 Å². The van der Waals surface area contributed by atoms with Gasteiger partial charge in [-0.3, -0.25) is 0 Å². The largest absolute Gasteiger partial charge is 0.349 e. The lowest BCUT2D eigenvalue weighted by Crippen LogP contribution is -2.36. The van der Waals surface area contributed by atoms with Gasteiger partial charge in [-0.25, -0.2) is 4.99 Å². The molecule has 0 fully saturated rings. The van der Waals surface area contributed by atoms with Gasteiger partial charge in [0, 0.05) is 30.0 Å². The molecule has 2 rings (SSSR count). The van der Waals surface area contributed by atoms with Crippen molar-refractivity contribution in [3.8, 4) is 0 Å². The van der Waals surface area contributed by atoms with Crippen LogP contribution in [0.4, 0.5) is 0 Å². The van der Waals surface area contributed by atoms with E-state index in [4.69, 9.17) is 11.6 Å². The summed E-state index contributed by atoms with van der Waals surface area (Å²) >= 11 is 8.03. The Hall–Kier alpha value is -0.710. The standard InChI is InChI=1S/C12H16ClN3S.ClH/c1-7-5-9(8(2)17-7)11-10(13)6-14-12(15-11)16(3)4;/h5-6,11H,1-4H3,(H,14,15);1H. The Morgan fingerprint density at radius 1 is 1.39 bits per heavy atom. The zero-order valence-electron chi connectivity index (χ0n) is 10.8. The fourth-order valence-corrected chi connectivity index (χ4v) is 3.00. The summed E-state index contributed by atoms with van der Waals surface area (Å²) in [4.78, 5) is 9.16. The highest BCUT2D eigenvalue weighted by molar-refractivity contribution is 7.12. The molecule has 1 aliphatic heterocycles. The van der Waals surface area contributed by atoms with Gasteiger partial charge in [0.2, 0.25) is 0 Å². The molecule has 0 aromatic carbocycles. The molecule has 1 aromatic heterocycles. The zero-order chi connectivity index (χ0) is 12.6. The Balaban J connectivity index is 0.00000162. The van der Waals surface area contributed by atoms with Gasteiger partial charge in [-0.2, -0.15) is 0 Å². The molecule has 0 aliphatic carbocycles. The molecule has 1 unspecified atom stereocenters. The smallest absolute Gasteiger partial charge is 0.198 e. The molecular weight excluding hydrogens is 289 g/mol. The summed E-state index contributed by atoms with van der Waals surface area (Å²) < 4.78 is 0. The van der Waals surface area contributed by atoms with Gasteiger partial charge < -0.3 is 10.2 Å². The highest BCUT2D eigenvalue weighted by atomic mass is 35.5. The number of rotatable bonds is 1. The van der Waals surface area contributed by atoms with Gasteiger partial charge in [-0.15, -0.1) is 23.7 Å². The van der Waals surface area contributed by atoms with E-state index in [9.17, 15) is 0 Å². The van der Waals surface area contributed by atoms with E-state index in [-0.39, 0.29) is 18.4 Å². The number of halogens is 2. The van der Waals surface area contributed by atoms with E-state index in [1.807, 2.05) is 25.2 Å². The zero-order valence-corrected chi connectivity index (χ0v) is 13.2. The number of nitrogens with one attached hydrogen (secondary N) is 1. The molecule has 18 heavy (non-hydrogen) atoms. The van der Waals surface area contributed by atoms with Crippen LogP contribution < -0.4 is 5.32 Å². The SMILES string of the molecule is Cc1cc(C2N=C(N(C)C)NC=C2Cl)c(C)s1.Cl. The number of guanidine groups is 1. The molecule has 1 atom stereocenters. The van der Waals surface area contributed by atoms with Crippen LogP contribution in [0.15, 0.2) is 22.3 Å². The van der Waals surface area contributed by atoms with E-state index in [1.54, 1.807) is 11.3 Å². The molecule has 0 saturated heterocycles. The summed E-state index contributed by atoms with van der Waals surface area (Å²) in [6, 6.07) is 2.10. The normalized spacial score (nSPS) is 18.4. The van der Waals surface area contributed by atoms with Gasteiger partial charge in [-0.1, -0.05) is 11.6 Å². The van der Waals surface area contributed by atoms with Crippen molar-refractivity contribution in [1.82, 2.24) is 10.2 Å². The summed E-state index contributed by atoms with van der Waals surface area (Å²) in [7, 11) is 3.92. The Morgan fingerprint density at radius 2 is 2.06 bits per heavy atom. The van der Waals surface area contributed by atoms with Crippen LogP contribution in [0.5, 0.6) is 0 Å². The summed E-state index contributed by atoms with van der Waals surface area (Å²) in [6.07, 6.45) is 1.82. The van der Waals surface area contributed by atoms with Crippen LogP contribution in [0.2, 0.25) is 0 Å². The Labute approximate surface area is 123 Å². The highest BCUT2D eigenvalue weighted by Crippen LogP contribution is 2.36. The second-order valence-electron chi connectivity index (χ2n) is 4.29. The van der Waals surface area contributed by atoms with Crippen molar-refractivity contribution in [2.24, 2.45) is 4.99 Å². The predicted octanol–water partition coefficient (Wildman–Crippen LogP) is 3.43. The highest BCUT2D eigenvalue weighted by Gasteiger charge is 2.22. The van der Waals surface area contributed by atoms with Gasteiger partial charge in [0.25, 0.3) is 0 Å². The predicted molar refractivity (Wildman–Crippen MR) is 82.0 cm³/mol. The second kappa shape index (κ2) is 5.95. The number of hydrogen-bond donors (Lipinski definition) is 1. The molecule has 0 spiro atoms. The fraction of sp³-hybridized carbons (Fsp3) is 0.417. The first kappa shape index (κ1) is 15.3. The minimum absolute atomic E-state index is 0. The van der Waals surface area contributed by atoms with Crippen molar-refractivity contribution < 1.29 is 0 Å². The van der Waals surface area contributed by atoms with E-state index >= 15 is 0 Å². The van der Waals surface area contributed by atoms with Crippen LogP contribution in [-0.4, -0.2) is 25.0 Å². The van der Waals surface area contributed by atoms with Crippen molar-refractivity contribution in [2.75, 3.05) is 14.1 Å². The van der Waals surface area contributed by atoms with Gasteiger partial charge in [0.15, 0.2) is 5.96 Å². The summed E-state index contributed by atoms with van der Waals surface area (Å²) in [5.41, 5.74) is 1.20. The second-order valence-corrected chi connectivity index (χ2v) is 6.19. The van der Waals surface area contributed by atoms with Gasteiger partial charge >= 0.3 is 0 Å². The quantitative estimate of drug-likeness (QED) is 0.861. The molecular formula is C12H17Cl2N3S. The number of thiophene rings is 1. The lowest BCUT2D eigenvalue weighted by molar-refractivity contribution is 0.585. The molecule has 1 aromatic rings. The summed E-state index contributed by atoms with van der Waals surface area (Å²) in [6.45, 7) is 4.22. The molecule has 0 amide bonds. The van der Waals surface area contributed by atoms with Crippen molar-refractivity contribution in [1.29, 1.82) is 0 Å². The van der Waals surface area contributed by atoms with Crippen LogP contribution in [0.1, 0.15) is 21.4 Å². The Morgan fingerprint density at radius 3 is 2.56 bits per heavy atom. The average Bonchev–Trinajstić information content (AvgIpc) is 2.58. The van der Waals surface area contributed by atoms with Crippen LogP contribution in [0.3, 0.4) is 0 Å². The van der Waals surface area contributed by atoms with Gasteiger partial charge in [0.1, 0.15) is 6.04 Å². The number of aliphatic imine (C=N–C) groups is 1. The maximum atomic E-state index is 6.25. The van der Waals surface area contributed by atoms with E-state index in [0.717, 1.165) is 11.0 Å². The Bertz CT molecular complexity index is 492. The lowest BCUT2D eigenvalue weighted by Gasteiger charge is -2.23. The molecule has 100 valence electrons. The van der Waals surface area contributed by atoms with Gasteiger partial charge in [-0.05, 0) is 25.5 Å². The summed E-state index contributed by atoms with van der Waals surface area (Å²) in [5, 5.41) is 3.81. The van der Waals surface area contributed by atoms with Crippen LogP contribution in [-0.2, 0) is 0 Å². The summed E-state index contributed by atoms with van der Waals surface area (Å²) in [5.74, 6) is 0.836. The third-order valence-electron chi connectivity index (χ3n) is 2.65. The van der Waals surface area contributed by atoms with E-state index < -0.39 is 0 Å². The monoisotopic (exact) mass is 305 g/mol. The minimum atomic E-state index is -0.0692. The third-order valence-corrected chi connectivity index (χ3v) is 3.95. The van der Waals surface area contributed by atoms with E-state index in [0.29, 0.717) is 0 Å². The van der Waals surface area contributed by atoms with Crippen LogP contribution >= 0.6 is 35.3 Å². The Kier molecular flexibility index (Phi) is 5.08. The lowest BCUT2D eigenvalue weighted by atomic mass is 10.1. The number of hydrogen-bond acceptors (Lipinski definition) is 4. The van der Waals surface area contributed by atoms with Gasteiger partial charge in [0.05, 0.1) is 5.03 Å². The fourth-order valence-electron chi connectivity index (χ4n) is 1.82. The molecule has 1 N–H and O–H groups in total. The minimum Gasteiger partial charge on any atom is -0.349 e. The number of aryl methyl sites for hydroxylation is 2. The maximum Gasteiger partial charge on any atom is 0.198 e. The molecule has 1 aliphatic rings. The van der Waals surface area contributed by atoms with Crippen LogP contribution in [0, 0.1) is 13.8 Å². The molecule has 0 radical (unpaired) electrons. The van der Waals surface area contributed by atoms with Crippen molar-refractivity contribution in [3.63, 3.8) is 0 Å². The third kappa shape index (κ3) is 2.99. The van der Waals surface area contributed by atoms with E-state index in [1.165, 1.54) is 15.3 Å². The molecule has 0 bridgehead atoms. The van der Waals surface area contributed by atoms with Crippen molar-refractivity contribution >= 4 is 41.3 Å². The first-order valence-corrected chi connectivity index (χ1v) is 6.62. The topological polar surface area (TPSA) is 27.6 Å². The molecule has 0 saturated carbocycles. The molecule has 3 nitrogen and oxygen atoms in total. The first-order chi connectivity index (χ1) is 7.99. The van der Waals surface area contributed by atoms with Crippen molar-refractivity contribution in [3.05, 3.63) is 32.6 Å². The number of nitrogens with zero attached hydrogens (tertiary/aromatic N) is 2. The molecule has 6 heteroatoms. The van der Waals surface area contributed by atoms with E-state index in [2.05, 4.69) is 30.2 Å². The average molecular weight is 306 g/mol.